The number of methoxy groups -OCH3 is 1. The molecule has 2 N–H and O–H groups in total. The van der Waals surface area contributed by atoms with Gasteiger partial charge in [-0.1, -0.05) is 6.07 Å². The molecule has 10 heteroatoms. The van der Waals surface area contributed by atoms with E-state index < -0.39 is 10.0 Å². The van der Waals surface area contributed by atoms with Gasteiger partial charge in [0.05, 0.1) is 12.8 Å². The van der Waals surface area contributed by atoms with Crippen LogP contribution in [0.4, 0.5) is 5.82 Å². The lowest BCUT2D eigenvalue weighted by Gasteiger charge is -2.12. The minimum absolute atomic E-state index is 0.119. The van der Waals surface area contributed by atoms with Gasteiger partial charge in [-0.2, -0.15) is 5.10 Å². The average Bonchev–Trinajstić information content (AvgIpc) is 3.03. The molecule has 2 heterocycles. The van der Waals surface area contributed by atoms with Crippen LogP contribution in [-0.2, 0) is 10.0 Å². The molecule has 0 aliphatic heterocycles. The highest BCUT2D eigenvalue weighted by Gasteiger charge is 2.19. The maximum atomic E-state index is 12.6. The largest absolute Gasteiger partial charge is 0.495 e. The van der Waals surface area contributed by atoms with Crippen LogP contribution in [0.15, 0.2) is 41.6 Å². The van der Waals surface area contributed by atoms with Gasteiger partial charge in [0, 0.05) is 24.8 Å². The number of aromatic nitrogens is 4. The second kappa shape index (κ2) is 8.58. The monoisotopic (exact) mass is 416 g/mol. The molecule has 1 aromatic carbocycles. The number of aryl methyl sites for hydroxylation is 3. The molecular weight excluding hydrogens is 392 g/mol. The Balaban J connectivity index is 1.63. The Kier molecular flexibility index (Phi) is 6.14. The lowest BCUT2D eigenvalue weighted by atomic mass is 10.2. The Morgan fingerprint density at radius 3 is 2.55 bits per heavy atom. The molecule has 0 spiro atoms. The summed E-state index contributed by atoms with van der Waals surface area (Å²) in [6.45, 7) is 6.22. The third-order valence-corrected chi connectivity index (χ3v) is 5.69. The fourth-order valence-corrected chi connectivity index (χ4v) is 4.15. The molecule has 0 unspecified atom stereocenters. The summed E-state index contributed by atoms with van der Waals surface area (Å²) >= 11 is 0. The molecule has 0 atom stereocenters. The van der Waals surface area contributed by atoms with Crippen molar-refractivity contribution in [2.24, 2.45) is 0 Å². The standard InChI is InChI=1S/C19H24N6O3S/c1-13-5-6-16(28-4)17(9-13)29(26,27)23-8-7-20-18-11-19(22-12-21-18)25-15(3)10-14(2)24-25/h5-6,9-12,23H,7-8H2,1-4H3,(H,20,21,22). The molecule has 2 aromatic heterocycles. The van der Waals surface area contributed by atoms with Gasteiger partial charge in [-0.15, -0.1) is 0 Å². The maximum Gasteiger partial charge on any atom is 0.244 e. The van der Waals surface area contributed by atoms with Crippen molar-refractivity contribution in [1.29, 1.82) is 0 Å². The van der Waals surface area contributed by atoms with Crippen molar-refractivity contribution in [3.8, 4) is 11.6 Å². The molecular formula is C19H24N6O3S. The molecule has 29 heavy (non-hydrogen) atoms. The van der Waals surface area contributed by atoms with Crippen LogP contribution in [0.2, 0.25) is 0 Å². The molecule has 0 aliphatic rings. The van der Waals surface area contributed by atoms with Gasteiger partial charge in [0.25, 0.3) is 0 Å². The Bertz CT molecular complexity index is 1110. The van der Waals surface area contributed by atoms with E-state index in [2.05, 4.69) is 25.1 Å². The lowest BCUT2D eigenvalue weighted by molar-refractivity contribution is 0.402. The summed E-state index contributed by atoms with van der Waals surface area (Å²) < 4.78 is 34.7. The van der Waals surface area contributed by atoms with E-state index in [9.17, 15) is 8.42 Å². The maximum absolute atomic E-state index is 12.6. The fraction of sp³-hybridized carbons (Fsp3) is 0.316. The number of ether oxygens (including phenoxy) is 1. The van der Waals surface area contributed by atoms with Crippen LogP contribution in [0.1, 0.15) is 17.0 Å². The molecule has 0 bridgehead atoms. The van der Waals surface area contributed by atoms with Crippen LogP contribution in [0.5, 0.6) is 5.75 Å². The van der Waals surface area contributed by atoms with Crippen LogP contribution >= 0.6 is 0 Å². The minimum Gasteiger partial charge on any atom is -0.495 e. The number of hydrogen-bond acceptors (Lipinski definition) is 7. The van der Waals surface area contributed by atoms with Crippen molar-refractivity contribution < 1.29 is 13.2 Å². The van der Waals surface area contributed by atoms with Crippen LogP contribution in [-0.4, -0.2) is 48.4 Å². The number of rotatable bonds is 8. The predicted molar refractivity (Wildman–Crippen MR) is 110 cm³/mol. The van der Waals surface area contributed by atoms with Gasteiger partial charge in [-0.05, 0) is 44.5 Å². The van der Waals surface area contributed by atoms with E-state index in [1.807, 2.05) is 26.8 Å². The van der Waals surface area contributed by atoms with Crippen molar-refractivity contribution in [3.05, 3.63) is 53.6 Å². The van der Waals surface area contributed by atoms with Gasteiger partial charge in [0.15, 0.2) is 5.82 Å². The molecule has 0 amide bonds. The van der Waals surface area contributed by atoms with Gasteiger partial charge in [0.2, 0.25) is 10.0 Å². The van der Waals surface area contributed by atoms with E-state index in [0.29, 0.717) is 23.9 Å². The van der Waals surface area contributed by atoms with E-state index in [1.165, 1.54) is 13.4 Å². The summed E-state index contributed by atoms with van der Waals surface area (Å²) in [5.74, 6) is 1.52. The van der Waals surface area contributed by atoms with Gasteiger partial charge in [0.1, 0.15) is 22.8 Å². The number of nitrogens with zero attached hydrogens (tertiary/aromatic N) is 4. The van der Waals surface area contributed by atoms with Crippen LogP contribution in [0, 0.1) is 20.8 Å². The SMILES string of the molecule is COc1ccc(C)cc1S(=O)(=O)NCCNc1cc(-n2nc(C)cc2C)ncn1. The molecule has 3 rings (SSSR count). The summed E-state index contributed by atoms with van der Waals surface area (Å²) in [6.07, 6.45) is 1.44. The summed E-state index contributed by atoms with van der Waals surface area (Å²) in [5.41, 5.74) is 2.70. The predicted octanol–water partition coefficient (Wildman–Crippen LogP) is 1.99. The van der Waals surface area contributed by atoms with Crippen LogP contribution in [0.3, 0.4) is 0 Å². The zero-order chi connectivity index (χ0) is 21.0. The lowest BCUT2D eigenvalue weighted by Crippen LogP contribution is -2.29. The van der Waals surface area contributed by atoms with E-state index in [1.54, 1.807) is 28.9 Å². The highest BCUT2D eigenvalue weighted by Crippen LogP contribution is 2.24. The number of benzene rings is 1. The summed E-state index contributed by atoms with van der Waals surface area (Å²) in [6, 6.07) is 8.75. The van der Waals surface area contributed by atoms with Crippen molar-refractivity contribution in [2.75, 3.05) is 25.5 Å². The summed E-state index contributed by atoms with van der Waals surface area (Å²) in [5, 5.41) is 7.50. The third kappa shape index (κ3) is 4.90. The molecule has 0 aliphatic carbocycles. The van der Waals surface area contributed by atoms with Gasteiger partial charge in [-0.3, -0.25) is 0 Å². The topological polar surface area (TPSA) is 111 Å². The second-order valence-corrected chi connectivity index (χ2v) is 8.31. The zero-order valence-corrected chi connectivity index (χ0v) is 17.6. The Hall–Kier alpha value is -2.98. The first-order chi connectivity index (χ1) is 13.8. The first kappa shape index (κ1) is 20.7. The minimum atomic E-state index is -3.70. The van der Waals surface area contributed by atoms with Crippen molar-refractivity contribution >= 4 is 15.8 Å². The Labute approximate surface area is 170 Å². The van der Waals surface area contributed by atoms with Gasteiger partial charge >= 0.3 is 0 Å². The highest BCUT2D eigenvalue weighted by molar-refractivity contribution is 7.89. The normalized spacial score (nSPS) is 11.4. The molecule has 154 valence electrons. The quantitative estimate of drug-likeness (QED) is 0.540. The zero-order valence-electron chi connectivity index (χ0n) is 16.8. The van der Waals surface area contributed by atoms with Crippen molar-refractivity contribution in [3.63, 3.8) is 0 Å². The van der Waals surface area contributed by atoms with Crippen molar-refractivity contribution in [2.45, 2.75) is 25.7 Å². The first-order valence-electron chi connectivity index (χ1n) is 9.04. The van der Waals surface area contributed by atoms with E-state index in [0.717, 1.165) is 17.0 Å². The molecule has 0 saturated carbocycles. The first-order valence-corrected chi connectivity index (χ1v) is 10.5. The molecule has 0 fully saturated rings. The average molecular weight is 417 g/mol. The van der Waals surface area contributed by atoms with Crippen LogP contribution in [0.25, 0.3) is 5.82 Å². The van der Waals surface area contributed by atoms with Gasteiger partial charge in [-0.25, -0.2) is 27.8 Å². The van der Waals surface area contributed by atoms with Gasteiger partial charge < -0.3 is 10.1 Å². The van der Waals surface area contributed by atoms with Crippen molar-refractivity contribution in [1.82, 2.24) is 24.5 Å². The number of sulfonamides is 1. The highest BCUT2D eigenvalue weighted by atomic mass is 32.2. The summed E-state index contributed by atoms with van der Waals surface area (Å²) in [4.78, 5) is 8.53. The smallest absolute Gasteiger partial charge is 0.244 e. The molecule has 3 aromatic rings. The number of nitrogens with one attached hydrogen (secondary N) is 2. The Morgan fingerprint density at radius 1 is 1.07 bits per heavy atom. The van der Waals surface area contributed by atoms with Crippen LogP contribution < -0.4 is 14.8 Å². The second-order valence-electron chi connectivity index (χ2n) is 6.58. The molecule has 9 nitrogen and oxygen atoms in total. The fourth-order valence-electron chi connectivity index (χ4n) is 2.87. The molecule has 0 saturated heterocycles. The molecule has 0 radical (unpaired) electrons. The van der Waals surface area contributed by atoms with E-state index in [-0.39, 0.29) is 11.4 Å². The summed E-state index contributed by atoms with van der Waals surface area (Å²) in [7, 11) is -2.25. The van der Waals surface area contributed by atoms with E-state index >= 15 is 0 Å². The Morgan fingerprint density at radius 2 is 1.86 bits per heavy atom. The number of hydrogen-bond donors (Lipinski definition) is 2. The third-order valence-electron chi connectivity index (χ3n) is 4.21. The number of anilines is 1. The van der Waals surface area contributed by atoms with E-state index in [4.69, 9.17) is 4.74 Å².